The lowest BCUT2D eigenvalue weighted by atomic mass is 9.96. The summed E-state index contributed by atoms with van der Waals surface area (Å²) in [6.07, 6.45) is 5.20. The molecule has 2 aromatic rings. The molecule has 1 aliphatic heterocycles. The highest BCUT2D eigenvalue weighted by molar-refractivity contribution is 6.30. The molecule has 5 rings (SSSR count). The van der Waals surface area contributed by atoms with Crippen LogP contribution in [0.1, 0.15) is 61.1 Å². The molecular weight excluding hydrogens is 414 g/mol. The zero-order valence-electron chi connectivity index (χ0n) is 17.9. The molecular formula is C23H28ClN5O2. The van der Waals surface area contributed by atoms with Crippen molar-refractivity contribution >= 4 is 23.4 Å². The number of carbonyl (C=O) groups is 2. The minimum atomic E-state index is -0.0222. The van der Waals surface area contributed by atoms with Crippen molar-refractivity contribution in [2.24, 2.45) is 17.8 Å². The van der Waals surface area contributed by atoms with Crippen LogP contribution in [0.4, 0.5) is 0 Å². The minimum absolute atomic E-state index is 0.0222. The Bertz CT molecular complexity index is 972. The van der Waals surface area contributed by atoms with Crippen molar-refractivity contribution in [2.75, 3.05) is 13.1 Å². The Morgan fingerprint density at radius 2 is 1.87 bits per heavy atom. The molecule has 3 fully saturated rings. The fraction of sp³-hybridized carbons (Fsp3) is 0.565. The average Bonchev–Trinajstić information content (AvgIpc) is 3.07. The first-order chi connectivity index (χ1) is 14.9. The van der Waals surface area contributed by atoms with E-state index in [0.29, 0.717) is 40.3 Å². The van der Waals surface area contributed by atoms with Gasteiger partial charge in [-0.1, -0.05) is 23.7 Å². The minimum Gasteiger partial charge on any atom is -0.349 e. The van der Waals surface area contributed by atoms with Crippen molar-refractivity contribution in [1.82, 2.24) is 25.2 Å². The Hall–Kier alpha value is -2.41. The Kier molecular flexibility index (Phi) is 5.24. The second-order valence-corrected chi connectivity index (χ2v) is 9.71. The molecule has 2 saturated carbocycles. The highest BCUT2D eigenvalue weighted by atomic mass is 35.5. The van der Waals surface area contributed by atoms with Crippen LogP contribution in [0, 0.1) is 17.8 Å². The number of halogens is 1. The maximum absolute atomic E-state index is 12.6. The van der Waals surface area contributed by atoms with E-state index >= 15 is 0 Å². The van der Waals surface area contributed by atoms with E-state index in [-0.39, 0.29) is 17.9 Å². The summed E-state index contributed by atoms with van der Waals surface area (Å²) >= 11 is 5.93. The first kappa shape index (κ1) is 20.5. The van der Waals surface area contributed by atoms with Gasteiger partial charge in [-0.3, -0.25) is 9.59 Å². The van der Waals surface area contributed by atoms with Gasteiger partial charge in [0.05, 0.1) is 11.7 Å². The maximum atomic E-state index is 12.6. The van der Waals surface area contributed by atoms with Gasteiger partial charge in [0.1, 0.15) is 0 Å². The van der Waals surface area contributed by atoms with Crippen molar-refractivity contribution in [3.8, 4) is 0 Å². The van der Waals surface area contributed by atoms with Gasteiger partial charge in [0.15, 0.2) is 0 Å². The zero-order valence-corrected chi connectivity index (χ0v) is 18.6. The first-order valence-electron chi connectivity index (χ1n) is 11.2. The lowest BCUT2D eigenvalue weighted by Crippen LogP contribution is -2.47. The number of amides is 2. The first-order valence-corrected chi connectivity index (χ1v) is 11.6. The topological polar surface area (TPSA) is 80.1 Å². The summed E-state index contributed by atoms with van der Waals surface area (Å²) in [6.45, 7) is 5.25. The van der Waals surface area contributed by atoms with Crippen LogP contribution in [0.2, 0.25) is 5.02 Å². The largest absolute Gasteiger partial charge is 0.349 e. The summed E-state index contributed by atoms with van der Waals surface area (Å²) < 4.78 is 2.03. The summed E-state index contributed by atoms with van der Waals surface area (Å²) in [7, 11) is 0. The molecule has 0 spiro atoms. The van der Waals surface area contributed by atoms with E-state index in [0.717, 1.165) is 38.0 Å². The number of nitrogens with zero attached hydrogens (tertiary/aromatic N) is 4. The van der Waals surface area contributed by atoms with Crippen LogP contribution >= 0.6 is 11.6 Å². The van der Waals surface area contributed by atoms with E-state index in [9.17, 15) is 9.59 Å². The van der Waals surface area contributed by atoms with Crippen LogP contribution < -0.4 is 5.32 Å². The number of rotatable bonds is 6. The SMILES string of the molecule is CCC(NC(=O)c1ccc(Cl)cc1)[C@H]1[C@@H]2C[C@@H](n3cc(C4CN(C(C)=O)C4)nn3)C[C@@H]21. The number of hydrogen-bond acceptors (Lipinski definition) is 4. The second-order valence-electron chi connectivity index (χ2n) is 9.27. The van der Waals surface area contributed by atoms with Crippen molar-refractivity contribution in [3.05, 3.63) is 46.7 Å². The molecule has 0 radical (unpaired) electrons. The molecule has 5 atom stereocenters. The molecule has 7 nitrogen and oxygen atoms in total. The van der Waals surface area contributed by atoms with Gasteiger partial charge in [0.2, 0.25) is 5.91 Å². The van der Waals surface area contributed by atoms with E-state index < -0.39 is 0 Å². The molecule has 2 amide bonds. The monoisotopic (exact) mass is 441 g/mol. The lowest BCUT2D eigenvalue weighted by Gasteiger charge is -2.37. The highest BCUT2D eigenvalue weighted by Crippen LogP contribution is 2.62. The van der Waals surface area contributed by atoms with E-state index in [4.69, 9.17) is 11.6 Å². The normalized spacial score (nSPS) is 28.0. The molecule has 1 saturated heterocycles. The predicted octanol–water partition coefficient (Wildman–Crippen LogP) is 3.28. The maximum Gasteiger partial charge on any atom is 0.251 e. The van der Waals surface area contributed by atoms with Gasteiger partial charge in [-0.05, 0) is 61.3 Å². The van der Waals surface area contributed by atoms with Gasteiger partial charge in [-0.15, -0.1) is 5.10 Å². The van der Waals surface area contributed by atoms with Crippen LogP contribution in [0.25, 0.3) is 0 Å². The van der Waals surface area contributed by atoms with Crippen LogP contribution in [0.5, 0.6) is 0 Å². The van der Waals surface area contributed by atoms with E-state index in [1.54, 1.807) is 31.2 Å². The summed E-state index contributed by atoms with van der Waals surface area (Å²) in [6, 6.07) is 7.64. The fourth-order valence-corrected chi connectivity index (χ4v) is 5.70. The number of hydrogen-bond donors (Lipinski definition) is 1. The Morgan fingerprint density at radius 1 is 1.19 bits per heavy atom. The van der Waals surface area contributed by atoms with E-state index in [2.05, 4.69) is 28.7 Å². The van der Waals surface area contributed by atoms with Gasteiger partial charge in [-0.25, -0.2) is 4.68 Å². The average molecular weight is 442 g/mol. The molecule has 1 unspecified atom stereocenters. The third kappa shape index (κ3) is 3.84. The third-order valence-corrected chi connectivity index (χ3v) is 7.71. The summed E-state index contributed by atoms with van der Waals surface area (Å²) in [5, 5.41) is 12.6. The lowest BCUT2D eigenvalue weighted by molar-refractivity contribution is -0.133. The molecule has 2 aliphatic carbocycles. The van der Waals surface area contributed by atoms with E-state index in [1.165, 1.54) is 0 Å². The molecule has 1 aromatic heterocycles. The molecule has 164 valence electrons. The van der Waals surface area contributed by atoms with Gasteiger partial charge in [-0.2, -0.15) is 0 Å². The van der Waals surface area contributed by atoms with Crippen LogP contribution in [0.3, 0.4) is 0 Å². The number of aromatic nitrogens is 3. The van der Waals surface area contributed by atoms with Crippen LogP contribution in [0.15, 0.2) is 30.5 Å². The molecule has 2 heterocycles. The molecule has 1 N–H and O–H groups in total. The predicted molar refractivity (Wildman–Crippen MR) is 117 cm³/mol. The number of carbonyl (C=O) groups excluding carboxylic acids is 2. The third-order valence-electron chi connectivity index (χ3n) is 7.46. The Labute approximate surface area is 187 Å². The zero-order chi connectivity index (χ0) is 21.7. The smallest absolute Gasteiger partial charge is 0.251 e. The Morgan fingerprint density at radius 3 is 2.48 bits per heavy atom. The fourth-order valence-electron chi connectivity index (χ4n) is 5.58. The molecule has 0 bridgehead atoms. The van der Waals surface area contributed by atoms with Crippen molar-refractivity contribution < 1.29 is 9.59 Å². The van der Waals surface area contributed by atoms with Gasteiger partial charge in [0.25, 0.3) is 5.91 Å². The summed E-state index contributed by atoms with van der Waals surface area (Å²) in [4.78, 5) is 25.8. The van der Waals surface area contributed by atoms with Crippen molar-refractivity contribution in [3.63, 3.8) is 0 Å². The molecule has 31 heavy (non-hydrogen) atoms. The number of likely N-dealkylation sites (tertiary alicyclic amines) is 1. The standard InChI is InChI=1S/C23H28ClN5O2/c1-3-20(25-23(31)14-4-6-16(24)7-5-14)22-18-8-17(9-19(18)22)29-12-21(26-27-29)15-10-28(11-15)13(2)30/h4-7,12,15,17-20,22H,3,8-11H2,1-2H3,(H,25,31)/t17-,18-,19+,20?,22+. The number of benzene rings is 1. The van der Waals surface area contributed by atoms with Gasteiger partial charge in [0, 0.05) is 48.8 Å². The van der Waals surface area contributed by atoms with Crippen LogP contribution in [-0.4, -0.2) is 50.8 Å². The van der Waals surface area contributed by atoms with E-state index in [1.807, 2.05) is 9.58 Å². The summed E-state index contributed by atoms with van der Waals surface area (Å²) in [5.74, 6) is 2.26. The van der Waals surface area contributed by atoms with Gasteiger partial charge < -0.3 is 10.2 Å². The molecule has 1 aromatic carbocycles. The quantitative estimate of drug-likeness (QED) is 0.745. The number of nitrogens with one attached hydrogen (secondary N) is 1. The van der Waals surface area contributed by atoms with Crippen molar-refractivity contribution in [1.29, 1.82) is 0 Å². The van der Waals surface area contributed by atoms with Gasteiger partial charge >= 0.3 is 0 Å². The van der Waals surface area contributed by atoms with Crippen molar-refractivity contribution in [2.45, 2.75) is 51.1 Å². The highest BCUT2D eigenvalue weighted by Gasteiger charge is 2.59. The molecule has 3 aliphatic rings. The second kappa shape index (κ2) is 7.93. The van der Waals surface area contributed by atoms with Crippen LogP contribution in [-0.2, 0) is 4.79 Å². The molecule has 8 heteroatoms. The number of fused-ring (bicyclic) bond motifs is 1. The Balaban J connectivity index is 1.15. The summed E-state index contributed by atoms with van der Waals surface area (Å²) in [5.41, 5.74) is 1.65.